The quantitative estimate of drug-likeness (QED) is 0.165. The molecule has 336 valence electrons. The van der Waals surface area contributed by atoms with Crippen molar-refractivity contribution in [2.45, 2.75) is 0 Å². The zero-order valence-corrected chi connectivity index (χ0v) is 39.2. The molecule has 0 aliphatic carbocycles. The Morgan fingerprint density at radius 3 is 0.653 bits per heavy atom. The van der Waals surface area contributed by atoms with E-state index >= 15 is 0 Å². The van der Waals surface area contributed by atoms with Gasteiger partial charge in [0.1, 0.15) is 0 Å². The molecule has 0 fully saturated rings. The average Bonchev–Trinajstić information content (AvgIpc) is 3.45. The monoisotopic (exact) mass is 916 g/mol. The van der Waals surface area contributed by atoms with E-state index in [2.05, 4.69) is 267 Å². The van der Waals surface area contributed by atoms with Gasteiger partial charge in [0.05, 0.1) is 44.1 Å². The van der Waals surface area contributed by atoms with Crippen LogP contribution in [0.3, 0.4) is 0 Å². The summed E-state index contributed by atoms with van der Waals surface area (Å²) >= 11 is 0. The molecule has 0 aliphatic rings. The van der Waals surface area contributed by atoms with Crippen LogP contribution >= 0.6 is 0 Å². The minimum atomic E-state index is 0.846. The summed E-state index contributed by atoms with van der Waals surface area (Å²) in [4.78, 5) is 21.7. The molecule has 0 amide bonds. The Hall–Kier alpha value is -9.64. The van der Waals surface area contributed by atoms with Crippen LogP contribution in [-0.4, -0.2) is 19.9 Å². The van der Waals surface area contributed by atoms with Gasteiger partial charge in [-0.15, -0.1) is 0 Å². The van der Waals surface area contributed by atoms with Gasteiger partial charge in [-0.05, 0) is 127 Å². The van der Waals surface area contributed by atoms with Crippen LogP contribution in [0.4, 0.5) is 0 Å². The highest BCUT2D eigenvalue weighted by atomic mass is 14.8. The number of hydrogen-bond donors (Lipinski definition) is 0. The lowest BCUT2D eigenvalue weighted by atomic mass is 9.95. The zero-order valence-electron chi connectivity index (χ0n) is 39.2. The predicted octanol–water partition coefficient (Wildman–Crippen LogP) is 18.0. The van der Waals surface area contributed by atoms with Crippen LogP contribution in [0.25, 0.3) is 132 Å². The predicted molar refractivity (Wildman–Crippen MR) is 303 cm³/mol. The van der Waals surface area contributed by atoms with Gasteiger partial charge in [0.25, 0.3) is 0 Å². The Bertz CT molecular complexity index is 3860. The van der Waals surface area contributed by atoms with Crippen molar-refractivity contribution >= 4 is 87.2 Å². The fourth-order valence-electron chi connectivity index (χ4n) is 10.1. The lowest BCUT2D eigenvalue weighted by Crippen LogP contribution is -1.92. The maximum absolute atomic E-state index is 5.42. The highest BCUT2D eigenvalue weighted by molar-refractivity contribution is 6.15. The van der Waals surface area contributed by atoms with Crippen LogP contribution in [0.2, 0.25) is 0 Å². The van der Waals surface area contributed by atoms with Crippen LogP contribution in [-0.2, 0) is 0 Å². The van der Waals surface area contributed by atoms with E-state index in [9.17, 15) is 0 Å². The third-order valence-electron chi connectivity index (χ3n) is 13.5. The molecule has 0 N–H and O–H groups in total. The van der Waals surface area contributed by atoms with Gasteiger partial charge in [-0.2, -0.15) is 0 Å². The number of pyridine rings is 4. The van der Waals surface area contributed by atoms with Crippen molar-refractivity contribution in [2.24, 2.45) is 0 Å². The minimum Gasteiger partial charge on any atom is -0.246 e. The fourth-order valence-corrected chi connectivity index (χ4v) is 10.1. The van der Waals surface area contributed by atoms with Gasteiger partial charge in [-0.3, -0.25) is 0 Å². The molecule has 8 aromatic carbocycles. The number of benzene rings is 8. The number of nitrogens with zero attached hydrogens (tertiary/aromatic N) is 4. The number of hydrogen-bond acceptors (Lipinski definition) is 4. The second kappa shape index (κ2) is 18.4. The summed E-state index contributed by atoms with van der Waals surface area (Å²) in [5, 5.41) is 8.42. The molecule has 4 nitrogen and oxygen atoms in total. The maximum Gasteiger partial charge on any atom is 0.0978 e. The van der Waals surface area contributed by atoms with Gasteiger partial charge in [0.2, 0.25) is 0 Å². The van der Waals surface area contributed by atoms with Crippen molar-refractivity contribution < 1.29 is 0 Å². The smallest absolute Gasteiger partial charge is 0.0978 e. The molecule has 0 atom stereocenters. The third-order valence-corrected chi connectivity index (χ3v) is 13.5. The summed E-state index contributed by atoms with van der Waals surface area (Å²) in [5.74, 6) is 0. The molecule has 13 rings (SSSR count). The Labute approximate surface area is 416 Å². The molecule has 13 aromatic rings. The lowest BCUT2D eigenvalue weighted by Gasteiger charge is -2.12. The first-order valence-electron chi connectivity index (χ1n) is 24.3. The Balaban J connectivity index is 1.13. The molecule has 0 saturated carbocycles. The largest absolute Gasteiger partial charge is 0.246 e. The molecule has 0 radical (unpaired) electrons. The van der Waals surface area contributed by atoms with Crippen molar-refractivity contribution in [3.05, 3.63) is 267 Å². The van der Waals surface area contributed by atoms with Gasteiger partial charge in [0.15, 0.2) is 0 Å². The van der Waals surface area contributed by atoms with Crippen molar-refractivity contribution in [1.29, 1.82) is 0 Å². The topological polar surface area (TPSA) is 51.6 Å². The van der Waals surface area contributed by atoms with E-state index in [0.29, 0.717) is 0 Å². The van der Waals surface area contributed by atoms with Gasteiger partial charge in [0, 0.05) is 21.5 Å². The Kier molecular flexibility index (Phi) is 10.8. The third kappa shape index (κ3) is 8.27. The van der Waals surface area contributed by atoms with Crippen molar-refractivity contribution in [1.82, 2.24) is 19.9 Å². The molecule has 72 heavy (non-hydrogen) atoms. The molecule has 0 aliphatic heterocycles. The van der Waals surface area contributed by atoms with Gasteiger partial charge >= 0.3 is 0 Å². The van der Waals surface area contributed by atoms with Crippen LogP contribution in [0.1, 0.15) is 0 Å². The van der Waals surface area contributed by atoms with E-state index in [4.69, 9.17) is 19.9 Å². The Morgan fingerprint density at radius 2 is 0.417 bits per heavy atom. The van der Waals surface area contributed by atoms with Crippen molar-refractivity contribution in [3.63, 3.8) is 0 Å². The number of aromatic nitrogens is 4. The van der Waals surface area contributed by atoms with E-state index in [-0.39, 0.29) is 0 Å². The van der Waals surface area contributed by atoms with Gasteiger partial charge < -0.3 is 0 Å². The molecule has 4 heteroatoms. The second-order valence-corrected chi connectivity index (χ2v) is 18.2. The summed E-state index contributed by atoms with van der Waals surface area (Å²) < 4.78 is 0. The van der Waals surface area contributed by atoms with Crippen LogP contribution in [0.15, 0.2) is 267 Å². The molecule has 0 unspecified atom stereocenters. The first kappa shape index (κ1) is 42.5. The van der Waals surface area contributed by atoms with Crippen LogP contribution in [0, 0.1) is 0 Å². The molecule has 5 heterocycles. The first-order valence-corrected chi connectivity index (χ1v) is 24.3. The van der Waals surface area contributed by atoms with E-state index in [0.717, 1.165) is 132 Å². The van der Waals surface area contributed by atoms with E-state index < -0.39 is 0 Å². The summed E-state index contributed by atoms with van der Waals surface area (Å²) in [6, 6.07) is 94.2. The van der Waals surface area contributed by atoms with Crippen molar-refractivity contribution in [2.75, 3.05) is 0 Å². The maximum atomic E-state index is 5.42. The van der Waals surface area contributed by atoms with Gasteiger partial charge in [-0.1, -0.05) is 206 Å². The molecule has 12 bridgehead atoms. The standard InChI is InChI=1S/C68H44N4/c1-5-19-49(20-6-1)61-41-53-31-27-45-15-13-16-46(39-45)29-33-55-43-63(51-23-9-3-10-24-51)59-37-38-60-64(52-25-11-4-12-26-52)44-56(72-68(60)67(59)71-55)34-30-48-18-14-17-47(40-48)28-32-54-42-62(50-21-7-2-8-22-50)58-36-35-57(61)65(69-53)66(58)70-54/h1-44H. The van der Waals surface area contributed by atoms with E-state index in [1.54, 1.807) is 0 Å². The average molecular weight is 917 g/mol. The molecule has 0 spiro atoms. The highest BCUT2D eigenvalue weighted by Crippen LogP contribution is 2.39. The van der Waals surface area contributed by atoms with Crippen LogP contribution < -0.4 is 0 Å². The SMILES string of the molecule is c1ccc(-c2cc3ccc4cccc(ccc5cc(-c6ccccc6)c6ccc7c(-c8ccccc8)cc(ccc8cccc(ccc9cc(-c%10ccccc%10)c%10ccc2c(n3)c%10n9)c8)nc7c6n5)c4)cc1. The van der Waals surface area contributed by atoms with E-state index in [1.807, 2.05) is 0 Å². The highest BCUT2D eigenvalue weighted by Gasteiger charge is 2.16. The summed E-state index contributed by atoms with van der Waals surface area (Å²) in [6.07, 6.45) is 0. The fraction of sp³-hybridized carbons (Fsp3) is 0. The van der Waals surface area contributed by atoms with Crippen LogP contribution in [0.5, 0.6) is 0 Å². The Morgan fingerprint density at radius 1 is 0.181 bits per heavy atom. The van der Waals surface area contributed by atoms with Crippen molar-refractivity contribution in [3.8, 4) is 44.5 Å². The zero-order chi connectivity index (χ0) is 47.8. The molecular formula is C68H44N4. The normalized spacial score (nSPS) is 11.3. The summed E-state index contributed by atoms with van der Waals surface area (Å²) in [6.45, 7) is 0. The first-order chi connectivity index (χ1) is 35.6. The van der Waals surface area contributed by atoms with E-state index in [1.165, 1.54) is 0 Å². The number of rotatable bonds is 4. The second-order valence-electron chi connectivity index (χ2n) is 18.2. The summed E-state index contributed by atoms with van der Waals surface area (Å²) in [5.41, 5.74) is 15.7. The summed E-state index contributed by atoms with van der Waals surface area (Å²) in [7, 11) is 0. The number of fused-ring (bicyclic) bond motifs is 8. The minimum absolute atomic E-state index is 0.846. The molecule has 0 saturated heterocycles. The molecule has 5 aromatic heterocycles. The molecular weight excluding hydrogens is 873 g/mol. The van der Waals surface area contributed by atoms with Gasteiger partial charge in [-0.25, -0.2) is 19.9 Å². The lowest BCUT2D eigenvalue weighted by molar-refractivity contribution is 1.44.